The molecular weight excluding hydrogens is 555 g/mol. The van der Waals surface area contributed by atoms with E-state index in [0.29, 0.717) is 18.9 Å². The Morgan fingerprint density at radius 3 is 1.88 bits per heavy atom. The monoisotopic (exact) mass is 594 g/mol. The van der Waals surface area contributed by atoms with Crippen LogP contribution in [0, 0.1) is 0 Å². The first-order valence-corrected chi connectivity index (χ1v) is 19.8. The average molecular weight is 594 g/mol. The van der Waals surface area contributed by atoms with Crippen molar-refractivity contribution >= 4 is 41.5 Å². The molecule has 0 amide bonds. The Morgan fingerprint density at radius 2 is 1.48 bits per heavy atom. The summed E-state index contributed by atoms with van der Waals surface area (Å²) < 4.78 is 51.7. The van der Waals surface area contributed by atoms with Gasteiger partial charge in [-0.2, -0.15) is 0 Å². The molecule has 0 heterocycles. The standard InChI is InChI=1S/C14H11ClF3O2.3C4H9.Sn/c1-9(13(19)20-2)7-10(8-14(16,17)18)11-5-3-4-6-12(11)15;3*1-3-4-2;/h3-6H,1,7H2,2H3;3*1,3-4H2,2H3;. The van der Waals surface area contributed by atoms with Crippen molar-refractivity contribution in [3.8, 4) is 0 Å². The Bertz CT molecular complexity index is 796. The first kappa shape index (κ1) is 30.1. The first-order chi connectivity index (χ1) is 15.6. The fourth-order valence-corrected chi connectivity index (χ4v) is 22.1. The number of carbonyl (C=O) groups is 1. The number of alkyl halides is 3. The molecule has 0 bridgehead atoms. The molecule has 0 aliphatic rings. The van der Waals surface area contributed by atoms with Crippen molar-refractivity contribution in [1.29, 1.82) is 0 Å². The Kier molecular flexibility index (Phi) is 13.2. The molecule has 0 unspecified atom stereocenters. The number of esters is 1. The van der Waals surface area contributed by atoms with Crippen molar-refractivity contribution in [3.05, 3.63) is 50.6 Å². The molecule has 0 aliphatic carbocycles. The molecule has 0 radical (unpaired) electrons. The van der Waals surface area contributed by atoms with Gasteiger partial charge in [0, 0.05) is 0 Å². The summed E-state index contributed by atoms with van der Waals surface area (Å²) in [6.45, 7) is 9.84. The van der Waals surface area contributed by atoms with E-state index < -0.39 is 30.5 Å². The molecule has 0 N–H and O–H groups in total. The van der Waals surface area contributed by atoms with Crippen LogP contribution in [0.4, 0.5) is 13.2 Å². The third-order valence-electron chi connectivity index (χ3n) is 6.21. The van der Waals surface area contributed by atoms with Gasteiger partial charge >= 0.3 is 207 Å². The molecule has 0 fully saturated rings. The SMILES string of the molecule is C=C(C/C(=[C](\C(F)(F)F)[Sn]([CH2]CCC)([CH2]CCC)[CH2]CCC)c1ccccc1Cl)C(=O)OC. The summed E-state index contributed by atoms with van der Waals surface area (Å²) >= 11 is 2.45. The number of unbranched alkanes of at least 4 members (excludes halogenated alkanes) is 3. The predicted octanol–water partition coefficient (Wildman–Crippen LogP) is 9.16. The Hall–Kier alpha value is -0.951. The van der Waals surface area contributed by atoms with Crippen LogP contribution in [0.5, 0.6) is 0 Å². The van der Waals surface area contributed by atoms with Crippen molar-refractivity contribution in [2.45, 2.75) is 85.2 Å². The summed E-state index contributed by atoms with van der Waals surface area (Å²) in [4.78, 5) is 12.2. The molecule has 0 aliphatic heterocycles. The van der Waals surface area contributed by atoms with Crippen LogP contribution in [0.3, 0.4) is 0 Å². The van der Waals surface area contributed by atoms with Crippen molar-refractivity contribution in [1.82, 2.24) is 0 Å². The maximum atomic E-state index is 15.1. The van der Waals surface area contributed by atoms with Crippen LogP contribution in [0.25, 0.3) is 5.57 Å². The second kappa shape index (κ2) is 14.4. The molecule has 2 nitrogen and oxygen atoms in total. The number of allylic oxidation sites excluding steroid dienone is 2. The number of hydrogen-bond acceptors (Lipinski definition) is 2. The number of benzene rings is 1. The zero-order chi connectivity index (χ0) is 25.1. The minimum atomic E-state index is -4.49. The minimum absolute atomic E-state index is 0.0100. The van der Waals surface area contributed by atoms with Gasteiger partial charge in [0.15, 0.2) is 0 Å². The molecule has 0 atom stereocenters. The molecule has 0 aromatic heterocycles. The van der Waals surface area contributed by atoms with Gasteiger partial charge in [-0.3, -0.25) is 0 Å². The second-order valence-corrected chi connectivity index (χ2v) is 22.1. The van der Waals surface area contributed by atoms with Crippen LogP contribution in [-0.4, -0.2) is 37.6 Å². The number of methoxy groups -OCH3 is 1. The number of hydrogen-bond donors (Lipinski definition) is 0. The van der Waals surface area contributed by atoms with Gasteiger partial charge in [-0.25, -0.2) is 0 Å². The number of ether oxygens (including phenoxy) is 1. The van der Waals surface area contributed by atoms with Gasteiger partial charge in [0.25, 0.3) is 0 Å². The van der Waals surface area contributed by atoms with Crippen LogP contribution in [0.15, 0.2) is 40.0 Å². The first-order valence-electron chi connectivity index (χ1n) is 11.9. The summed E-state index contributed by atoms with van der Waals surface area (Å²) in [5.41, 5.74) is 0.487. The topological polar surface area (TPSA) is 26.3 Å². The normalized spacial score (nSPS) is 13.0. The van der Waals surface area contributed by atoms with Gasteiger partial charge in [-0.1, -0.05) is 0 Å². The molecule has 0 saturated carbocycles. The van der Waals surface area contributed by atoms with E-state index in [2.05, 4.69) is 6.58 Å². The number of carbonyl (C=O) groups excluding carboxylic acids is 1. The summed E-state index contributed by atoms with van der Waals surface area (Å²) in [5, 5.41) is 0.258. The van der Waals surface area contributed by atoms with Crippen LogP contribution in [0.2, 0.25) is 18.3 Å². The van der Waals surface area contributed by atoms with Crippen LogP contribution in [0.1, 0.15) is 71.3 Å². The molecule has 7 heteroatoms. The van der Waals surface area contributed by atoms with Gasteiger partial charge in [-0.05, 0) is 0 Å². The van der Waals surface area contributed by atoms with E-state index in [-0.39, 0.29) is 26.2 Å². The molecular formula is C26H38ClF3O2Sn. The maximum absolute atomic E-state index is 15.1. The van der Waals surface area contributed by atoms with Gasteiger partial charge < -0.3 is 0 Å². The molecule has 0 spiro atoms. The van der Waals surface area contributed by atoms with E-state index >= 15 is 13.2 Å². The Balaban J connectivity index is 4.01. The number of halogens is 4. The Morgan fingerprint density at radius 1 is 1.00 bits per heavy atom. The summed E-state index contributed by atoms with van der Waals surface area (Å²) in [6.07, 6.45) is 0.240. The third-order valence-corrected chi connectivity index (χ3v) is 22.5. The number of rotatable bonds is 14. The third kappa shape index (κ3) is 8.65. The Labute approximate surface area is 206 Å². The van der Waals surface area contributed by atoms with Crippen LogP contribution >= 0.6 is 11.6 Å². The van der Waals surface area contributed by atoms with Gasteiger partial charge in [0.1, 0.15) is 0 Å². The molecule has 1 rings (SSSR count). The zero-order valence-corrected chi connectivity index (χ0v) is 24.0. The van der Waals surface area contributed by atoms with Crippen LogP contribution < -0.4 is 0 Å². The van der Waals surface area contributed by atoms with E-state index in [9.17, 15) is 4.79 Å². The second-order valence-electron chi connectivity index (χ2n) is 8.69. The molecule has 33 heavy (non-hydrogen) atoms. The molecule has 186 valence electrons. The summed E-state index contributed by atoms with van der Waals surface area (Å²) in [5.74, 6) is -0.697. The fourth-order valence-electron chi connectivity index (χ4n) is 4.54. The summed E-state index contributed by atoms with van der Waals surface area (Å²) in [6, 6.07) is 6.63. The van der Waals surface area contributed by atoms with E-state index in [1.54, 1.807) is 24.3 Å². The van der Waals surface area contributed by atoms with E-state index in [0.717, 1.165) is 38.5 Å². The van der Waals surface area contributed by atoms with Crippen LogP contribution in [-0.2, 0) is 9.53 Å². The van der Waals surface area contributed by atoms with Gasteiger partial charge in [0.2, 0.25) is 0 Å². The zero-order valence-electron chi connectivity index (χ0n) is 20.4. The fraction of sp³-hybridized carbons (Fsp3) is 0.577. The summed E-state index contributed by atoms with van der Waals surface area (Å²) in [7, 11) is 1.21. The van der Waals surface area contributed by atoms with Gasteiger partial charge in [-0.15, -0.1) is 0 Å². The molecule has 1 aromatic rings. The van der Waals surface area contributed by atoms with E-state index in [1.165, 1.54) is 7.11 Å². The van der Waals surface area contributed by atoms with Crippen molar-refractivity contribution < 1.29 is 22.7 Å². The van der Waals surface area contributed by atoms with Gasteiger partial charge in [0.05, 0.1) is 0 Å². The van der Waals surface area contributed by atoms with Crippen molar-refractivity contribution in [2.24, 2.45) is 0 Å². The van der Waals surface area contributed by atoms with Crippen molar-refractivity contribution in [2.75, 3.05) is 7.11 Å². The molecule has 1 aromatic carbocycles. The van der Waals surface area contributed by atoms with E-state index in [1.807, 2.05) is 20.8 Å². The average Bonchev–Trinajstić information content (AvgIpc) is 2.78. The predicted molar refractivity (Wildman–Crippen MR) is 135 cm³/mol. The van der Waals surface area contributed by atoms with Crippen molar-refractivity contribution in [3.63, 3.8) is 0 Å². The van der Waals surface area contributed by atoms with E-state index in [4.69, 9.17) is 16.3 Å². The molecule has 0 saturated heterocycles. The quantitative estimate of drug-likeness (QED) is 0.122.